The Labute approximate surface area is 183 Å². The minimum atomic E-state index is -3.72. The number of rotatable bonds is 5. The van der Waals surface area contributed by atoms with Crippen LogP contribution < -0.4 is 10.9 Å². The normalized spacial score (nSPS) is 15.1. The summed E-state index contributed by atoms with van der Waals surface area (Å²) in [5, 5.41) is 0. The first-order chi connectivity index (χ1) is 14.4. The molecule has 0 radical (unpaired) electrons. The predicted octanol–water partition coefficient (Wildman–Crippen LogP) is 1.94. The van der Waals surface area contributed by atoms with Crippen molar-refractivity contribution in [2.45, 2.75) is 4.90 Å². The summed E-state index contributed by atoms with van der Waals surface area (Å²) in [4.78, 5) is 24.3. The predicted molar refractivity (Wildman–Crippen MR) is 115 cm³/mol. The van der Waals surface area contributed by atoms with Crippen LogP contribution in [-0.2, 0) is 19.6 Å². The maximum absolute atomic E-state index is 12.7. The molecule has 0 unspecified atom stereocenters. The van der Waals surface area contributed by atoms with Gasteiger partial charge in [0.15, 0.2) is 0 Å². The highest BCUT2D eigenvalue weighted by Gasteiger charge is 2.26. The Bertz CT molecular complexity index is 1070. The maximum atomic E-state index is 12.7. The van der Waals surface area contributed by atoms with E-state index in [2.05, 4.69) is 26.8 Å². The minimum Gasteiger partial charge on any atom is -0.379 e. The first-order valence-corrected chi connectivity index (χ1v) is 11.3. The lowest BCUT2D eigenvalue weighted by Crippen LogP contribution is -2.41. The van der Waals surface area contributed by atoms with Crippen molar-refractivity contribution in [2.75, 3.05) is 26.3 Å². The Morgan fingerprint density at radius 1 is 1.03 bits per heavy atom. The van der Waals surface area contributed by atoms with Crippen LogP contribution in [-0.4, -0.2) is 50.8 Å². The average Bonchev–Trinajstić information content (AvgIpc) is 2.77. The van der Waals surface area contributed by atoms with Gasteiger partial charge in [-0.3, -0.25) is 20.4 Å². The van der Waals surface area contributed by atoms with Crippen LogP contribution in [0.1, 0.15) is 15.9 Å². The number of nitrogens with one attached hydrogen (secondary N) is 2. The molecular formula is C20H20BrN3O5S. The summed E-state index contributed by atoms with van der Waals surface area (Å²) in [6.45, 7) is 1.19. The molecule has 30 heavy (non-hydrogen) atoms. The molecule has 2 amide bonds. The first-order valence-electron chi connectivity index (χ1n) is 9.08. The van der Waals surface area contributed by atoms with E-state index < -0.39 is 21.8 Å². The van der Waals surface area contributed by atoms with Gasteiger partial charge in [0.2, 0.25) is 10.0 Å². The van der Waals surface area contributed by atoms with Crippen molar-refractivity contribution in [3.05, 3.63) is 70.2 Å². The van der Waals surface area contributed by atoms with Crippen LogP contribution in [0.2, 0.25) is 0 Å². The lowest BCUT2D eigenvalue weighted by atomic mass is 10.2. The number of hydrogen-bond acceptors (Lipinski definition) is 5. The highest BCUT2D eigenvalue weighted by Crippen LogP contribution is 2.18. The number of hydrazine groups is 1. The van der Waals surface area contributed by atoms with Gasteiger partial charge in [-0.15, -0.1) is 0 Å². The number of benzene rings is 2. The molecule has 8 nitrogen and oxygen atoms in total. The zero-order valence-corrected chi connectivity index (χ0v) is 18.3. The van der Waals surface area contributed by atoms with Gasteiger partial charge >= 0.3 is 0 Å². The van der Waals surface area contributed by atoms with Gasteiger partial charge in [-0.25, -0.2) is 8.42 Å². The summed E-state index contributed by atoms with van der Waals surface area (Å²) < 4.78 is 32.8. The Morgan fingerprint density at radius 3 is 2.50 bits per heavy atom. The lowest BCUT2D eigenvalue weighted by Gasteiger charge is -2.26. The van der Waals surface area contributed by atoms with Crippen LogP contribution in [0.4, 0.5) is 0 Å². The van der Waals surface area contributed by atoms with Crippen LogP contribution >= 0.6 is 15.9 Å². The topological polar surface area (TPSA) is 105 Å². The Hall–Kier alpha value is -2.53. The third-order valence-corrected chi connectivity index (χ3v) is 6.67. The van der Waals surface area contributed by atoms with Crippen molar-refractivity contribution in [3.63, 3.8) is 0 Å². The standard InChI is InChI=1S/C20H20BrN3O5S/c21-17-5-1-3-15(13-17)7-8-19(25)22-23-20(26)16-4-2-6-18(14-16)30(27,28)24-9-11-29-12-10-24/h1-8,13-14H,9-12H2,(H,22,25)(H,23,26)/b8-7+. The van der Waals surface area contributed by atoms with E-state index in [0.717, 1.165) is 10.0 Å². The fourth-order valence-corrected chi connectivity index (χ4v) is 4.62. The number of amides is 2. The molecule has 1 fully saturated rings. The van der Waals surface area contributed by atoms with Gasteiger partial charge in [-0.1, -0.05) is 34.1 Å². The van der Waals surface area contributed by atoms with Crippen LogP contribution in [0.3, 0.4) is 0 Å². The second-order valence-electron chi connectivity index (χ2n) is 6.38. The number of hydrogen-bond donors (Lipinski definition) is 2. The molecule has 0 bridgehead atoms. The quantitative estimate of drug-likeness (QED) is 0.489. The zero-order valence-electron chi connectivity index (χ0n) is 15.9. The second kappa shape index (κ2) is 9.98. The molecule has 0 spiro atoms. The molecule has 1 aliphatic heterocycles. The number of sulfonamides is 1. The van der Waals surface area contributed by atoms with E-state index in [1.165, 1.54) is 34.6 Å². The lowest BCUT2D eigenvalue weighted by molar-refractivity contribution is -0.117. The van der Waals surface area contributed by atoms with Gasteiger partial charge in [0.1, 0.15) is 0 Å². The van der Waals surface area contributed by atoms with Gasteiger partial charge in [-0.05, 0) is 42.0 Å². The highest BCUT2D eigenvalue weighted by atomic mass is 79.9. The van der Waals surface area contributed by atoms with E-state index in [0.29, 0.717) is 13.2 Å². The summed E-state index contributed by atoms with van der Waals surface area (Å²) in [6.07, 6.45) is 2.88. The summed E-state index contributed by atoms with van der Waals surface area (Å²) in [5.74, 6) is -1.15. The van der Waals surface area contributed by atoms with Gasteiger partial charge in [0, 0.05) is 29.2 Å². The number of carbonyl (C=O) groups excluding carboxylic acids is 2. The third kappa shape index (κ3) is 5.76. The average molecular weight is 494 g/mol. The number of ether oxygens (including phenoxy) is 1. The van der Waals surface area contributed by atoms with Crippen molar-refractivity contribution in [1.29, 1.82) is 0 Å². The largest absolute Gasteiger partial charge is 0.379 e. The van der Waals surface area contributed by atoms with Gasteiger partial charge in [-0.2, -0.15) is 4.31 Å². The molecule has 1 heterocycles. The fourth-order valence-electron chi connectivity index (χ4n) is 2.75. The first kappa shape index (κ1) is 22.2. The van der Waals surface area contributed by atoms with Gasteiger partial charge in [0.25, 0.3) is 11.8 Å². The molecule has 1 saturated heterocycles. The number of carbonyl (C=O) groups is 2. The second-order valence-corrected chi connectivity index (χ2v) is 9.23. The van der Waals surface area contributed by atoms with Crippen LogP contribution in [0.25, 0.3) is 6.08 Å². The van der Waals surface area contributed by atoms with Crippen molar-refractivity contribution >= 4 is 43.8 Å². The van der Waals surface area contributed by atoms with Gasteiger partial charge < -0.3 is 4.74 Å². The Kier molecular flexibility index (Phi) is 7.38. The molecule has 0 saturated carbocycles. The highest BCUT2D eigenvalue weighted by molar-refractivity contribution is 9.10. The molecule has 158 valence electrons. The third-order valence-electron chi connectivity index (χ3n) is 4.28. The van der Waals surface area contributed by atoms with Crippen molar-refractivity contribution in [2.24, 2.45) is 0 Å². The molecule has 0 atom stereocenters. The van der Waals surface area contributed by atoms with Crippen molar-refractivity contribution < 1.29 is 22.7 Å². The summed E-state index contributed by atoms with van der Waals surface area (Å²) in [6, 6.07) is 13.0. The van der Waals surface area contributed by atoms with E-state index in [1.807, 2.05) is 24.3 Å². The van der Waals surface area contributed by atoms with E-state index in [4.69, 9.17) is 4.74 Å². The monoisotopic (exact) mass is 493 g/mol. The van der Waals surface area contributed by atoms with E-state index >= 15 is 0 Å². The zero-order chi connectivity index (χ0) is 21.6. The van der Waals surface area contributed by atoms with Crippen LogP contribution in [0, 0.1) is 0 Å². The molecule has 10 heteroatoms. The molecular weight excluding hydrogens is 474 g/mol. The Morgan fingerprint density at radius 2 is 1.77 bits per heavy atom. The molecule has 2 N–H and O–H groups in total. The van der Waals surface area contributed by atoms with Crippen LogP contribution in [0.5, 0.6) is 0 Å². The molecule has 2 aromatic carbocycles. The Balaban J connectivity index is 1.62. The molecule has 1 aliphatic rings. The molecule has 0 aromatic heterocycles. The number of nitrogens with zero attached hydrogens (tertiary/aromatic N) is 1. The molecule has 3 rings (SSSR count). The maximum Gasteiger partial charge on any atom is 0.269 e. The summed E-state index contributed by atoms with van der Waals surface area (Å²) in [7, 11) is -3.72. The molecule has 2 aromatic rings. The summed E-state index contributed by atoms with van der Waals surface area (Å²) in [5.41, 5.74) is 5.47. The van der Waals surface area contributed by atoms with E-state index in [1.54, 1.807) is 6.08 Å². The fraction of sp³-hybridized carbons (Fsp3) is 0.200. The summed E-state index contributed by atoms with van der Waals surface area (Å²) >= 11 is 3.35. The molecule has 0 aliphatic carbocycles. The van der Waals surface area contributed by atoms with Crippen molar-refractivity contribution in [3.8, 4) is 0 Å². The number of morpholine rings is 1. The van der Waals surface area contributed by atoms with E-state index in [-0.39, 0.29) is 23.5 Å². The van der Waals surface area contributed by atoms with Gasteiger partial charge in [0.05, 0.1) is 18.1 Å². The van der Waals surface area contributed by atoms with Crippen LogP contribution in [0.15, 0.2) is 64.0 Å². The minimum absolute atomic E-state index is 0.0120. The smallest absolute Gasteiger partial charge is 0.269 e. The van der Waals surface area contributed by atoms with E-state index in [9.17, 15) is 18.0 Å². The number of halogens is 1. The SMILES string of the molecule is O=C(/C=C/c1cccc(Br)c1)NNC(=O)c1cccc(S(=O)(=O)N2CCOCC2)c1. The van der Waals surface area contributed by atoms with Crippen molar-refractivity contribution in [1.82, 2.24) is 15.2 Å².